The fourth-order valence-corrected chi connectivity index (χ4v) is 4.43. The van der Waals surface area contributed by atoms with Gasteiger partial charge in [0.05, 0.1) is 0 Å². The quantitative estimate of drug-likeness (QED) is 0.503. The number of hydrogen-bond donors (Lipinski definition) is 0. The topological polar surface area (TPSA) is 26.8 Å². The van der Waals surface area contributed by atoms with E-state index in [1.807, 2.05) is 37.4 Å². The molecule has 4 heteroatoms. The van der Waals surface area contributed by atoms with Gasteiger partial charge in [0.1, 0.15) is 0 Å². The maximum atomic E-state index is 13.6. The summed E-state index contributed by atoms with van der Waals surface area (Å²) in [5.41, 5.74) is 4.69. The number of nitrogens with zero attached hydrogens (tertiary/aromatic N) is 3. The summed E-state index contributed by atoms with van der Waals surface area (Å²) in [6.45, 7) is 5.72. The molecule has 3 aromatic rings. The van der Waals surface area contributed by atoms with Crippen LogP contribution in [0.3, 0.4) is 0 Å². The van der Waals surface area contributed by atoms with Gasteiger partial charge in [0.2, 0.25) is 0 Å². The van der Waals surface area contributed by atoms with Crippen LogP contribution in [0.4, 0.5) is 10.5 Å². The highest BCUT2D eigenvalue weighted by atomic mass is 16.2. The molecule has 2 amide bonds. The van der Waals surface area contributed by atoms with E-state index in [-0.39, 0.29) is 12.1 Å². The number of anilines is 1. The predicted molar refractivity (Wildman–Crippen MR) is 132 cm³/mol. The van der Waals surface area contributed by atoms with E-state index >= 15 is 0 Å². The molecule has 0 saturated carbocycles. The number of carbonyl (C=O) groups is 1. The molecule has 0 aliphatic carbocycles. The van der Waals surface area contributed by atoms with Crippen molar-refractivity contribution in [1.82, 2.24) is 9.80 Å². The van der Waals surface area contributed by atoms with Gasteiger partial charge in [-0.3, -0.25) is 9.80 Å². The van der Waals surface area contributed by atoms with E-state index in [2.05, 4.69) is 71.3 Å². The number of benzene rings is 3. The van der Waals surface area contributed by atoms with Crippen LogP contribution in [-0.4, -0.2) is 42.0 Å². The Bertz CT molecular complexity index is 980. The number of amides is 2. The number of carbonyl (C=O) groups excluding carboxylic acids is 1. The van der Waals surface area contributed by atoms with Crippen LogP contribution in [0.15, 0.2) is 84.9 Å². The van der Waals surface area contributed by atoms with E-state index in [1.54, 1.807) is 4.90 Å². The maximum Gasteiger partial charge on any atom is 0.324 e. The minimum absolute atomic E-state index is 0.0679. The Kier molecular flexibility index (Phi) is 7.23. The summed E-state index contributed by atoms with van der Waals surface area (Å²) in [5.74, 6) is 0. The third-order valence-corrected chi connectivity index (χ3v) is 6.40. The average Bonchev–Trinajstić information content (AvgIpc) is 2.85. The minimum atomic E-state index is 0.0679. The van der Waals surface area contributed by atoms with Crippen LogP contribution < -0.4 is 4.90 Å². The van der Waals surface area contributed by atoms with Crippen molar-refractivity contribution in [2.45, 2.75) is 38.9 Å². The van der Waals surface area contributed by atoms with Gasteiger partial charge < -0.3 is 4.90 Å². The molecule has 166 valence electrons. The van der Waals surface area contributed by atoms with Crippen LogP contribution >= 0.6 is 0 Å². The van der Waals surface area contributed by atoms with E-state index in [0.29, 0.717) is 6.54 Å². The molecule has 4 nitrogen and oxygen atoms in total. The fraction of sp³-hybridized carbons (Fsp3) is 0.321. The number of hydrogen-bond acceptors (Lipinski definition) is 2. The van der Waals surface area contributed by atoms with E-state index < -0.39 is 0 Å². The van der Waals surface area contributed by atoms with Crippen molar-refractivity contribution in [2.75, 3.05) is 25.0 Å². The molecule has 0 aromatic heterocycles. The van der Waals surface area contributed by atoms with Gasteiger partial charge in [-0.25, -0.2) is 4.79 Å². The van der Waals surface area contributed by atoms with E-state index in [4.69, 9.17) is 0 Å². The van der Waals surface area contributed by atoms with Crippen molar-refractivity contribution in [1.29, 1.82) is 0 Å². The molecule has 1 aliphatic rings. The summed E-state index contributed by atoms with van der Waals surface area (Å²) < 4.78 is 0. The third-order valence-electron chi connectivity index (χ3n) is 6.40. The van der Waals surface area contributed by atoms with Crippen LogP contribution in [0.2, 0.25) is 0 Å². The molecule has 1 saturated heterocycles. The number of rotatable bonds is 6. The first kappa shape index (κ1) is 22.1. The molecule has 0 bridgehead atoms. The van der Waals surface area contributed by atoms with E-state index in [0.717, 1.165) is 38.2 Å². The smallest absolute Gasteiger partial charge is 0.317 e. The molecular weight excluding hydrogens is 394 g/mol. The molecule has 4 rings (SSSR count). The Hall–Kier alpha value is -3.11. The Balaban J connectivity index is 1.47. The predicted octanol–water partition coefficient (Wildman–Crippen LogP) is 5.72. The van der Waals surface area contributed by atoms with Crippen LogP contribution in [0.25, 0.3) is 0 Å². The lowest BCUT2D eigenvalue weighted by Crippen LogP contribution is -2.50. The van der Waals surface area contributed by atoms with Crippen LogP contribution in [0, 0.1) is 6.92 Å². The van der Waals surface area contributed by atoms with Crippen molar-refractivity contribution >= 4 is 11.7 Å². The third kappa shape index (κ3) is 5.57. The Morgan fingerprint density at radius 3 is 2.06 bits per heavy atom. The monoisotopic (exact) mass is 427 g/mol. The number of para-hydroxylation sites is 1. The molecule has 0 unspecified atom stereocenters. The van der Waals surface area contributed by atoms with E-state index in [1.165, 1.54) is 16.7 Å². The average molecular weight is 428 g/mol. The molecular formula is C28H33N3O. The zero-order chi connectivity index (χ0) is 22.3. The van der Waals surface area contributed by atoms with Crippen molar-refractivity contribution in [3.05, 3.63) is 102 Å². The molecule has 0 spiro atoms. The zero-order valence-electron chi connectivity index (χ0n) is 19.2. The number of piperidine rings is 1. The summed E-state index contributed by atoms with van der Waals surface area (Å²) in [4.78, 5) is 20.0. The standard InChI is InChI=1S/C28H33N3O/c1-23-13-15-25(16-14-23)22-31(28(32)29(2)26-11-7-4-8-12-26)27-17-19-30(20-18-27)21-24-9-5-3-6-10-24/h3-16,27H,17-22H2,1-2H3. The van der Waals surface area contributed by atoms with Crippen molar-refractivity contribution in [3.63, 3.8) is 0 Å². The Labute approximate surface area is 192 Å². The van der Waals surface area contributed by atoms with Crippen LogP contribution in [0.5, 0.6) is 0 Å². The van der Waals surface area contributed by atoms with Gasteiger partial charge in [-0.05, 0) is 43.0 Å². The van der Waals surface area contributed by atoms with Gasteiger partial charge >= 0.3 is 6.03 Å². The molecule has 1 aliphatic heterocycles. The molecule has 3 aromatic carbocycles. The highest BCUT2D eigenvalue weighted by Crippen LogP contribution is 2.24. The van der Waals surface area contributed by atoms with Crippen molar-refractivity contribution < 1.29 is 4.79 Å². The second-order valence-corrected chi connectivity index (χ2v) is 8.78. The fourth-order valence-electron chi connectivity index (χ4n) is 4.43. The normalized spacial score (nSPS) is 14.8. The largest absolute Gasteiger partial charge is 0.324 e. The molecule has 0 N–H and O–H groups in total. The maximum absolute atomic E-state index is 13.6. The molecule has 32 heavy (non-hydrogen) atoms. The SMILES string of the molecule is Cc1ccc(CN(C(=O)N(C)c2ccccc2)C2CCN(Cc3ccccc3)CC2)cc1. The van der Waals surface area contributed by atoms with Crippen LogP contribution in [0.1, 0.15) is 29.5 Å². The lowest BCUT2D eigenvalue weighted by atomic mass is 10.0. The Morgan fingerprint density at radius 1 is 0.844 bits per heavy atom. The van der Waals surface area contributed by atoms with Gasteiger partial charge in [0.25, 0.3) is 0 Å². The zero-order valence-corrected chi connectivity index (χ0v) is 19.2. The van der Waals surface area contributed by atoms with Crippen LogP contribution in [-0.2, 0) is 13.1 Å². The van der Waals surface area contributed by atoms with Crippen molar-refractivity contribution in [2.24, 2.45) is 0 Å². The second kappa shape index (κ2) is 10.5. The summed E-state index contributed by atoms with van der Waals surface area (Å²) in [5, 5.41) is 0. The molecule has 0 radical (unpaired) electrons. The second-order valence-electron chi connectivity index (χ2n) is 8.78. The van der Waals surface area contributed by atoms with Gasteiger partial charge in [0, 0.05) is 45.0 Å². The molecule has 0 atom stereocenters. The first-order chi connectivity index (χ1) is 15.6. The van der Waals surface area contributed by atoms with Gasteiger partial charge in [-0.1, -0.05) is 78.4 Å². The summed E-state index contributed by atoms with van der Waals surface area (Å²) in [6, 6.07) is 29.4. The number of urea groups is 1. The highest BCUT2D eigenvalue weighted by molar-refractivity contribution is 5.91. The van der Waals surface area contributed by atoms with Gasteiger partial charge in [0.15, 0.2) is 0 Å². The number of likely N-dealkylation sites (tertiary alicyclic amines) is 1. The summed E-state index contributed by atoms with van der Waals surface area (Å²) in [6.07, 6.45) is 1.99. The highest BCUT2D eigenvalue weighted by Gasteiger charge is 2.30. The van der Waals surface area contributed by atoms with Crippen molar-refractivity contribution in [3.8, 4) is 0 Å². The van der Waals surface area contributed by atoms with Gasteiger partial charge in [-0.2, -0.15) is 0 Å². The number of aryl methyl sites for hydroxylation is 1. The Morgan fingerprint density at radius 2 is 1.44 bits per heavy atom. The first-order valence-electron chi connectivity index (χ1n) is 11.5. The summed E-state index contributed by atoms with van der Waals surface area (Å²) in [7, 11) is 1.88. The molecule has 1 heterocycles. The lowest BCUT2D eigenvalue weighted by molar-refractivity contribution is 0.117. The lowest BCUT2D eigenvalue weighted by Gasteiger charge is -2.40. The molecule has 1 fully saturated rings. The summed E-state index contributed by atoms with van der Waals surface area (Å²) >= 11 is 0. The van der Waals surface area contributed by atoms with E-state index in [9.17, 15) is 4.79 Å². The van der Waals surface area contributed by atoms with Gasteiger partial charge in [-0.15, -0.1) is 0 Å². The first-order valence-corrected chi connectivity index (χ1v) is 11.5. The minimum Gasteiger partial charge on any atom is -0.317 e.